The van der Waals surface area contributed by atoms with Gasteiger partial charge in [0.1, 0.15) is 16.0 Å². The van der Waals surface area contributed by atoms with Crippen LogP contribution in [0.3, 0.4) is 0 Å². The van der Waals surface area contributed by atoms with Crippen molar-refractivity contribution in [3.05, 3.63) is 50.5 Å². The van der Waals surface area contributed by atoms with Gasteiger partial charge >= 0.3 is 0 Å². The number of nitrogens with two attached hydrogens (primary N) is 2. The first-order valence-corrected chi connectivity index (χ1v) is 7.84. The average Bonchev–Trinajstić information content (AvgIpc) is 2.48. The summed E-state index contributed by atoms with van der Waals surface area (Å²) in [6, 6.07) is 5.06. The number of carbonyl (C=O) groups is 1. The van der Waals surface area contributed by atoms with Gasteiger partial charge in [-0.05, 0) is 53.5 Å². The number of ketones is 1. The van der Waals surface area contributed by atoms with Gasteiger partial charge < -0.3 is 11.5 Å². The topological polar surface area (TPSA) is 117 Å². The Morgan fingerprint density at radius 3 is 2.62 bits per heavy atom. The van der Waals surface area contributed by atoms with Crippen molar-refractivity contribution in [3.63, 3.8) is 0 Å². The van der Waals surface area contributed by atoms with E-state index in [1.165, 1.54) is 17.7 Å². The van der Waals surface area contributed by atoms with Crippen molar-refractivity contribution >= 4 is 44.3 Å². The van der Waals surface area contributed by atoms with E-state index >= 15 is 0 Å². The largest absolute Gasteiger partial charge is 0.397 e. The lowest BCUT2D eigenvalue weighted by atomic mass is 10.1. The molecule has 3 aromatic heterocycles. The van der Waals surface area contributed by atoms with Crippen LogP contribution in [0.5, 0.6) is 0 Å². The summed E-state index contributed by atoms with van der Waals surface area (Å²) in [5, 5.41) is 0.513. The van der Waals surface area contributed by atoms with Crippen molar-refractivity contribution in [3.8, 4) is 5.69 Å². The van der Waals surface area contributed by atoms with Gasteiger partial charge in [-0.15, -0.1) is 0 Å². The lowest BCUT2D eigenvalue weighted by molar-refractivity contribution is 0.101. The standard InChI is InChI=1S/C16H14BrN5O2/c1-7-5-12(18)20-6-10(7)22-15-9(3-4-11(17)21-15)14(19)13(8(2)23)16(22)24/h3-6H,19H2,1-2H3,(H2,18,20). The van der Waals surface area contributed by atoms with Crippen LogP contribution in [0.4, 0.5) is 11.5 Å². The molecule has 0 aliphatic heterocycles. The van der Waals surface area contributed by atoms with E-state index in [2.05, 4.69) is 25.9 Å². The number of pyridine rings is 3. The molecule has 4 N–H and O–H groups in total. The van der Waals surface area contributed by atoms with Crippen LogP contribution in [-0.4, -0.2) is 20.3 Å². The van der Waals surface area contributed by atoms with Crippen molar-refractivity contribution in [2.45, 2.75) is 13.8 Å². The second-order valence-electron chi connectivity index (χ2n) is 5.39. The first-order chi connectivity index (χ1) is 11.3. The highest BCUT2D eigenvalue weighted by atomic mass is 79.9. The number of rotatable bonds is 2. The van der Waals surface area contributed by atoms with Gasteiger partial charge in [0, 0.05) is 5.39 Å². The fourth-order valence-electron chi connectivity index (χ4n) is 2.63. The van der Waals surface area contributed by atoms with Crippen molar-refractivity contribution in [1.29, 1.82) is 0 Å². The summed E-state index contributed by atoms with van der Waals surface area (Å²) >= 11 is 3.30. The molecule has 0 fully saturated rings. The number of nitrogen functional groups attached to an aromatic ring is 2. The molecule has 3 rings (SSSR count). The van der Waals surface area contributed by atoms with Gasteiger partial charge in [0.25, 0.3) is 5.56 Å². The van der Waals surface area contributed by atoms with Gasteiger partial charge in [0.15, 0.2) is 11.4 Å². The van der Waals surface area contributed by atoms with Crippen LogP contribution in [0.2, 0.25) is 0 Å². The molecule has 0 unspecified atom stereocenters. The zero-order valence-electron chi connectivity index (χ0n) is 13.0. The van der Waals surface area contributed by atoms with Gasteiger partial charge in [-0.25, -0.2) is 9.97 Å². The lowest BCUT2D eigenvalue weighted by Gasteiger charge is -2.15. The van der Waals surface area contributed by atoms with Gasteiger partial charge in [-0.1, -0.05) is 0 Å². The van der Waals surface area contributed by atoms with Crippen LogP contribution < -0.4 is 17.0 Å². The summed E-state index contributed by atoms with van der Waals surface area (Å²) < 4.78 is 1.88. The molecule has 0 atom stereocenters. The Bertz CT molecular complexity index is 1060. The number of anilines is 2. The smallest absolute Gasteiger partial charge is 0.269 e. The Morgan fingerprint density at radius 1 is 1.29 bits per heavy atom. The fraction of sp³-hybridized carbons (Fsp3) is 0.125. The van der Waals surface area contributed by atoms with Gasteiger partial charge in [0.2, 0.25) is 0 Å². The minimum Gasteiger partial charge on any atom is -0.397 e. The maximum atomic E-state index is 12.9. The van der Waals surface area contributed by atoms with Crippen LogP contribution in [0, 0.1) is 6.92 Å². The number of hydrogen-bond donors (Lipinski definition) is 2. The predicted molar refractivity (Wildman–Crippen MR) is 96.4 cm³/mol. The Morgan fingerprint density at radius 2 is 2.00 bits per heavy atom. The molecule has 0 spiro atoms. The summed E-state index contributed by atoms with van der Waals surface area (Å²) in [4.78, 5) is 33.3. The zero-order chi connectivity index (χ0) is 17.6. The summed E-state index contributed by atoms with van der Waals surface area (Å²) in [6.07, 6.45) is 1.48. The highest BCUT2D eigenvalue weighted by molar-refractivity contribution is 9.10. The number of aryl methyl sites for hydroxylation is 1. The van der Waals surface area contributed by atoms with Gasteiger partial charge in [-0.3, -0.25) is 14.2 Å². The van der Waals surface area contributed by atoms with E-state index in [9.17, 15) is 9.59 Å². The summed E-state index contributed by atoms with van der Waals surface area (Å²) in [5.74, 6) is -0.0675. The Labute approximate surface area is 145 Å². The molecule has 0 aliphatic rings. The third kappa shape index (κ3) is 2.44. The summed E-state index contributed by atoms with van der Waals surface area (Å²) in [5.41, 5.74) is 12.8. The molecule has 0 bridgehead atoms. The van der Waals surface area contributed by atoms with Crippen LogP contribution >= 0.6 is 15.9 Å². The molecule has 122 valence electrons. The third-order valence-corrected chi connectivity index (χ3v) is 4.17. The minimum atomic E-state index is -0.534. The van der Waals surface area contributed by atoms with Gasteiger partial charge in [-0.2, -0.15) is 0 Å². The first-order valence-electron chi connectivity index (χ1n) is 7.05. The highest BCUT2D eigenvalue weighted by Crippen LogP contribution is 2.26. The molecule has 3 heterocycles. The van der Waals surface area contributed by atoms with Crippen LogP contribution in [0.25, 0.3) is 16.7 Å². The molecule has 0 saturated carbocycles. The fourth-order valence-corrected chi connectivity index (χ4v) is 2.93. The molecule has 8 heteroatoms. The number of Topliss-reactive ketones (excluding diaryl/α,β-unsaturated/α-hetero) is 1. The summed E-state index contributed by atoms with van der Waals surface area (Å²) in [6.45, 7) is 3.11. The molecule has 0 radical (unpaired) electrons. The molecular formula is C16H14BrN5O2. The zero-order valence-corrected chi connectivity index (χ0v) is 14.6. The number of nitrogens with zero attached hydrogens (tertiary/aromatic N) is 3. The molecule has 0 aliphatic carbocycles. The maximum Gasteiger partial charge on any atom is 0.269 e. The first kappa shape index (κ1) is 16.1. The van der Waals surface area contributed by atoms with E-state index in [1.54, 1.807) is 25.1 Å². The van der Waals surface area contributed by atoms with Crippen molar-refractivity contribution in [1.82, 2.24) is 14.5 Å². The maximum absolute atomic E-state index is 12.9. The van der Waals surface area contributed by atoms with Crippen molar-refractivity contribution < 1.29 is 4.79 Å². The lowest BCUT2D eigenvalue weighted by Crippen LogP contribution is -2.28. The Kier molecular flexibility index (Phi) is 3.84. The predicted octanol–water partition coefficient (Wildman–Crippen LogP) is 2.22. The molecule has 0 saturated heterocycles. The van der Waals surface area contributed by atoms with E-state index < -0.39 is 11.3 Å². The third-order valence-electron chi connectivity index (χ3n) is 3.73. The number of hydrogen-bond acceptors (Lipinski definition) is 6. The SMILES string of the molecule is CC(=O)c1c(N)c2ccc(Br)nc2n(-c2cnc(N)cc2C)c1=O. The van der Waals surface area contributed by atoms with Crippen LogP contribution in [0.1, 0.15) is 22.8 Å². The Hall–Kier alpha value is -2.74. The second-order valence-corrected chi connectivity index (χ2v) is 6.20. The monoisotopic (exact) mass is 387 g/mol. The van der Waals surface area contributed by atoms with E-state index in [1.807, 2.05) is 0 Å². The van der Waals surface area contributed by atoms with Crippen molar-refractivity contribution in [2.24, 2.45) is 0 Å². The number of carbonyl (C=O) groups excluding carboxylic acids is 1. The number of halogens is 1. The minimum absolute atomic E-state index is 0.0668. The average molecular weight is 388 g/mol. The molecule has 3 aromatic rings. The van der Waals surface area contributed by atoms with Gasteiger partial charge in [0.05, 0.1) is 17.6 Å². The van der Waals surface area contributed by atoms with Crippen LogP contribution in [-0.2, 0) is 0 Å². The molecule has 0 aromatic carbocycles. The van der Waals surface area contributed by atoms with E-state index in [0.717, 1.165) is 5.56 Å². The normalized spacial score (nSPS) is 11.0. The van der Waals surface area contributed by atoms with E-state index in [4.69, 9.17) is 11.5 Å². The highest BCUT2D eigenvalue weighted by Gasteiger charge is 2.21. The van der Waals surface area contributed by atoms with Crippen molar-refractivity contribution in [2.75, 3.05) is 11.5 Å². The number of aromatic nitrogens is 3. The van der Waals surface area contributed by atoms with E-state index in [0.29, 0.717) is 27.1 Å². The molecular weight excluding hydrogens is 374 g/mol. The quantitative estimate of drug-likeness (QED) is 0.514. The second kappa shape index (κ2) is 5.72. The molecule has 24 heavy (non-hydrogen) atoms. The van der Waals surface area contributed by atoms with E-state index in [-0.39, 0.29) is 11.3 Å². The molecule has 7 nitrogen and oxygen atoms in total. The summed E-state index contributed by atoms with van der Waals surface area (Å²) in [7, 11) is 0. The van der Waals surface area contributed by atoms with Crippen LogP contribution in [0.15, 0.2) is 33.8 Å². The Balaban J connectivity index is 2.57. The molecule has 0 amide bonds. The number of fused-ring (bicyclic) bond motifs is 1.